The number of piperazine rings is 1. The zero-order chi connectivity index (χ0) is 25.4. The van der Waals surface area contributed by atoms with Crippen molar-refractivity contribution in [2.75, 3.05) is 50.6 Å². The Hall–Kier alpha value is -3.20. The SMILES string of the molecule is CN1CCN(CCCNC(=O)c2ccc(CN(c3ccccc3)S(=O)(=O)c3ccccc3)cc2)CC1. The fraction of sp³-hybridized carbons (Fsp3) is 0.321. The van der Waals surface area contributed by atoms with Crippen molar-refractivity contribution in [3.8, 4) is 0 Å². The molecule has 36 heavy (non-hydrogen) atoms. The second-order valence-corrected chi connectivity index (χ2v) is 11.0. The third-order valence-electron chi connectivity index (χ3n) is 6.45. The van der Waals surface area contributed by atoms with Crippen LogP contribution in [0.3, 0.4) is 0 Å². The number of carbonyl (C=O) groups excluding carboxylic acids is 1. The maximum Gasteiger partial charge on any atom is 0.264 e. The standard InChI is InChI=1S/C28H34N4O3S/c1-30-19-21-31(22-20-30)18-8-17-29-28(33)25-15-13-24(14-16-25)23-32(26-9-4-2-5-10-26)36(34,35)27-11-6-3-7-12-27/h2-7,9-16H,8,17-23H2,1H3,(H,29,33). The lowest BCUT2D eigenvalue weighted by atomic mass is 10.1. The van der Waals surface area contributed by atoms with Crippen LogP contribution >= 0.6 is 0 Å². The van der Waals surface area contributed by atoms with Crippen molar-refractivity contribution in [1.82, 2.24) is 15.1 Å². The van der Waals surface area contributed by atoms with Gasteiger partial charge in [-0.15, -0.1) is 0 Å². The predicted molar refractivity (Wildman–Crippen MR) is 144 cm³/mol. The van der Waals surface area contributed by atoms with E-state index in [-0.39, 0.29) is 17.3 Å². The zero-order valence-electron chi connectivity index (χ0n) is 20.7. The van der Waals surface area contributed by atoms with E-state index in [0.29, 0.717) is 17.8 Å². The lowest BCUT2D eigenvalue weighted by Gasteiger charge is -2.32. The maximum atomic E-state index is 13.4. The molecule has 1 aliphatic heterocycles. The Morgan fingerprint density at radius 1 is 0.861 bits per heavy atom. The van der Waals surface area contributed by atoms with Gasteiger partial charge >= 0.3 is 0 Å². The van der Waals surface area contributed by atoms with Crippen molar-refractivity contribution in [2.24, 2.45) is 0 Å². The van der Waals surface area contributed by atoms with Gasteiger partial charge in [0.1, 0.15) is 0 Å². The van der Waals surface area contributed by atoms with Crippen molar-refractivity contribution < 1.29 is 13.2 Å². The van der Waals surface area contributed by atoms with Gasteiger partial charge in [0.15, 0.2) is 0 Å². The van der Waals surface area contributed by atoms with Gasteiger partial charge in [-0.2, -0.15) is 0 Å². The van der Waals surface area contributed by atoms with Crippen molar-refractivity contribution in [3.63, 3.8) is 0 Å². The van der Waals surface area contributed by atoms with Crippen molar-refractivity contribution in [2.45, 2.75) is 17.9 Å². The lowest BCUT2D eigenvalue weighted by Crippen LogP contribution is -2.45. The fourth-order valence-corrected chi connectivity index (χ4v) is 5.71. The molecule has 3 aromatic carbocycles. The summed E-state index contributed by atoms with van der Waals surface area (Å²) in [6.45, 7) is 6.11. The topological polar surface area (TPSA) is 73.0 Å². The van der Waals surface area contributed by atoms with Crippen LogP contribution in [0.5, 0.6) is 0 Å². The first-order valence-corrected chi connectivity index (χ1v) is 13.8. The summed E-state index contributed by atoms with van der Waals surface area (Å²) in [6.07, 6.45) is 0.914. The molecule has 0 radical (unpaired) electrons. The van der Waals surface area contributed by atoms with Crippen LogP contribution in [0, 0.1) is 0 Å². The number of nitrogens with one attached hydrogen (secondary N) is 1. The average Bonchev–Trinajstić information content (AvgIpc) is 2.92. The Bertz CT molecular complexity index is 1210. The molecular formula is C28H34N4O3S. The number of nitrogens with zero attached hydrogens (tertiary/aromatic N) is 3. The first kappa shape index (κ1) is 25.9. The van der Waals surface area contributed by atoms with E-state index in [4.69, 9.17) is 0 Å². The molecule has 3 aromatic rings. The Labute approximate surface area is 214 Å². The number of amides is 1. The third kappa shape index (κ3) is 6.72. The van der Waals surface area contributed by atoms with Crippen LogP contribution in [0.1, 0.15) is 22.3 Å². The lowest BCUT2D eigenvalue weighted by molar-refractivity contribution is 0.0949. The minimum absolute atomic E-state index is 0.114. The van der Waals surface area contributed by atoms with Crippen LogP contribution in [0.15, 0.2) is 89.8 Å². The fourth-order valence-electron chi connectivity index (χ4n) is 4.23. The molecule has 0 saturated carbocycles. The van der Waals surface area contributed by atoms with Gasteiger partial charge in [0.2, 0.25) is 0 Å². The van der Waals surface area contributed by atoms with Crippen molar-refractivity contribution in [1.29, 1.82) is 0 Å². The molecule has 1 N–H and O–H groups in total. The number of para-hydroxylation sites is 1. The zero-order valence-corrected chi connectivity index (χ0v) is 21.5. The number of likely N-dealkylation sites (N-methyl/N-ethyl adjacent to an activating group) is 1. The molecule has 0 bridgehead atoms. The highest BCUT2D eigenvalue weighted by Crippen LogP contribution is 2.25. The van der Waals surface area contributed by atoms with Gasteiger partial charge in [0.05, 0.1) is 17.1 Å². The average molecular weight is 507 g/mol. The van der Waals surface area contributed by atoms with E-state index < -0.39 is 10.0 Å². The van der Waals surface area contributed by atoms with Gasteiger partial charge in [-0.3, -0.25) is 9.10 Å². The van der Waals surface area contributed by atoms with Crippen LogP contribution in [0.2, 0.25) is 0 Å². The molecule has 0 aromatic heterocycles. The highest BCUT2D eigenvalue weighted by Gasteiger charge is 2.25. The number of hydrogen-bond donors (Lipinski definition) is 1. The Kier molecular flexibility index (Phi) is 8.74. The van der Waals surface area contributed by atoms with Gasteiger partial charge in [-0.05, 0) is 62.0 Å². The summed E-state index contributed by atoms with van der Waals surface area (Å²) in [7, 11) is -1.62. The number of anilines is 1. The molecule has 0 spiro atoms. The Balaban J connectivity index is 1.37. The van der Waals surface area contributed by atoms with E-state index in [1.165, 1.54) is 4.31 Å². The second-order valence-electron chi connectivity index (χ2n) is 9.11. The van der Waals surface area contributed by atoms with E-state index in [1.807, 2.05) is 30.3 Å². The summed E-state index contributed by atoms with van der Waals surface area (Å²) in [6, 6.07) is 24.6. The predicted octanol–water partition coefficient (Wildman–Crippen LogP) is 3.45. The van der Waals surface area contributed by atoms with Gasteiger partial charge in [-0.25, -0.2) is 8.42 Å². The number of carbonyl (C=O) groups is 1. The van der Waals surface area contributed by atoms with Crippen LogP contribution < -0.4 is 9.62 Å². The van der Waals surface area contributed by atoms with E-state index in [9.17, 15) is 13.2 Å². The summed E-state index contributed by atoms with van der Waals surface area (Å²) in [5.74, 6) is -0.114. The van der Waals surface area contributed by atoms with Crippen LogP contribution in [0.25, 0.3) is 0 Å². The van der Waals surface area contributed by atoms with E-state index in [0.717, 1.165) is 44.7 Å². The Morgan fingerprint density at radius 2 is 1.47 bits per heavy atom. The molecule has 1 amide bonds. The molecule has 4 rings (SSSR count). The summed E-state index contributed by atoms with van der Waals surface area (Å²) in [5.41, 5.74) is 1.95. The van der Waals surface area contributed by atoms with E-state index >= 15 is 0 Å². The monoisotopic (exact) mass is 506 g/mol. The molecule has 190 valence electrons. The highest BCUT2D eigenvalue weighted by atomic mass is 32.2. The van der Waals surface area contributed by atoms with Gasteiger partial charge < -0.3 is 15.1 Å². The van der Waals surface area contributed by atoms with E-state index in [2.05, 4.69) is 22.2 Å². The first-order chi connectivity index (χ1) is 17.4. The highest BCUT2D eigenvalue weighted by molar-refractivity contribution is 7.92. The van der Waals surface area contributed by atoms with Crippen molar-refractivity contribution >= 4 is 21.6 Å². The van der Waals surface area contributed by atoms with Gasteiger partial charge in [0.25, 0.3) is 15.9 Å². The molecule has 1 saturated heterocycles. The molecule has 1 fully saturated rings. The quantitative estimate of drug-likeness (QED) is 0.427. The van der Waals surface area contributed by atoms with Gasteiger partial charge in [0, 0.05) is 38.3 Å². The third-order valence-corrected chi connectivity index (χ3v) is 8.24. The first-order valence-electron chi connectivity index (χ1n) is 12.3. The minimum atomic E-state index is -3.76. The number of benzene rings is 3. The molecule has 1 heterocycles. The van der Waals surface area contributed by atoms with E-state index in [1.54, 1.807) is 54.6 Å². The molecular weight excluding hydrogens is 472 g/mol. The van der Waals surface area contributed by atoms with Crippen molar-refractivity contribution in [3.05, 3.63) is 96.1 Å². The van der Waals surface area contributed by atoms with Crippen LogP contribution in [-0.2, 0) is 16.6 Å². The Morgan fingerprint density at radius 3 is 2.11 bits per heavy atom. The number of sulfonamides is 1. The summed E-state index contributed by atoms with van der Waals surface area (Å²) >= 11 is 0. The normalized spacial score (nSPS) is 14.9. The molecule has 8 heteroatoms. The maximum absolute atomic E-state index is 13.4. The number of hydrogen-bond acceptors (Lipinski definition) is 5. The summed E-state index contributed by atoms with van der Waals surface area (Å²) < 4.78 is 28.3. The largest absolute Gasteiger partial charge is 0.352 e. The van der Waals surface area contributed by atoms with Gasteiger partial charge in [-0.1, -0.05) is 48.5 Å². The molecule has 0 atom stereocenters. The molecule has 0 aliphatic carbocycles. The minimum Gasteiger partial charge on any atom is -0.352 e. The smallest absolute Gasteiger partial charge is 0.264 e. The summed E-state index contributed by atoms with van der Waals surface area (Å²) in [5, 5.41) is 3.00. The van der Waals surface area contributed by atoms with Crippen LogP contribution in [0.4, 0.5) is 5.69 Å². The molecule has 0 unspecified atom stereocenters. The molecule has 7 nitrogen and oxygen atoms in total. The molecule has 1 aliphatic rings. The second kappa shape index (κ2) is 12.2. The van der Waals surface area contributed by atoms with Crippen LogP contribution in [-0.4, -0.2) is 70.4 Å². The summed E-state index contributed by atoms with van der Waals surface area (Å²) in [4.78, 5) is 17.6. The number of rotatable bonds is 10.